The molecule has 3 rings (SSSR count). The van der Waals surface area contributed by atoms with Crippen LogP contribution in [0.2, 0.25) is 0 Å². The van der Waals surface area contributed by atoms with Gasteiger partial charge in [-0.15, -0.1) is 0 Å². The summed E-state index contributed by atoms with van der Waals surface area (Å²) in [6.45, 7) is 1.62. The molecule has 0 bridgehead atoms. The van der Waals surface area contributed by atoms with Gasteiger partial charge in [0, 0.05) is 7.05 Å². The van der Waals surface area contributed by atoms with Crippen LogP contribution in [0.25, 0.3) is 0 Å². The van der Waals surface area contributed by atoms with Crippen molar-refractivity contribution in [2.24, 2.45) is 7.05 Å². The number of pyridine rings is 1. The van der Waals surface area contributed by atoms with E-state index in [0.717, 1.165) is 30.8 Å². The van der Waals surface area contributed by atoms with Crippen molar-refractivity contribution in [2.45, 2.75) is 25.4 Å². The molecule has 1 saturated heterocycles. The third-order valence-electron chi connectivity index (χ3n) is 3.87. The molecule has 2 aromatic heterocycles. The average molecular weight is 289 g/mol. The van der Waals surface area contributed by atoms with Gasteiger partial charge in [0.15, 0.2) is 0 Å². The van der Waals surface area contributed by atoms with Gasteiger partial charge in [-0.1, -0.05) is 0 Å². The molecule has 0 spiro atoms. The standard InChI is InChI=1S/C14H19N5O2/c1-18-14(20)16-13(17-18)9-19-7-3-4-12(19)11-6-5-10(21-2)8-15-11/h5-6,8,12H,3-4,7,9H2,1-2H3,(H,16,17,20). The molecular formula is C14H19N5O2. The fraction of sp³-hybridized carbons (Fsp3) is 0.500. The number of rotatable bonds is 4. The minimum Gasteiger partial charge on any atom is -0.495 e. The molecule has 0 amide bonds. The number of hydrogen-bond donors (Lipinski definition) is 1. The van der Waals surface area contributed by atoms with Crippen molar-refractivity contribution in [3.63, 3.8) is 0 Å². The number of aryl methyl sites for hydroxylation is 1. The van der Waals surface area contributed by atoms with Crippen LogP contribution < -0.4 is 10.4 Å². The molecule has 1 aliphatic heterocycles. The minimum absolute atomic E-state index is 0.177. The van der Waals surface area contributed by atoms with Crippen LogP contribution in [0, 0.1) is 0 Å². The predicted molar refractivity (Wildman–Crippen MR) is 77.0 cm³/mol. The van der Waals surface area contributed by atoms with Crippen molar-refractivity contribution in [3.8, 4) is 5.75 Å². The monoisotopic (exact) mass is 289 g/mol. The van der Waals surface area contributed by atoms with Crippen molar-refractivity contribution in [3.05, 3.63) is 40.3 Å². The summed E-state index contributed by atoms with van der Waals surface area (Å²) < 4.78 is 6.47. The van der Waals surface area contributed by atoms with Crippen molar-refractivity contribution < 1.29 is 4.74 Å². The Balaban J connectivity index is 1.76. The zero-order valence-corrected chi connectivity index (χ0v) is 12.2. The van der Waals surface area contributed by atoms with Crippen molar-refractivity contribution in [2.75, 3.05) is 13.7 Å². The molecule has 1 atom stereocenters. The Labute approximate surface area is 122 Å². The summed E-state index contributed by atoms with van der Waals surface area (Å²) in [5, 5.41) is 4.20. The van der Waals surface area contributed by atoms with Gasteiger partial charge in [-0.05, 0) is 31.5 Å². The zero-order chi connectivity index (χ0) is 14.8. The maximum atomic E-state index is 11.4. The smallest absolute Gasteiger partial charge is 0.343 e. The molecule has 1 N–H and O–H groups in total. The highest BCUT2D eigenvalue weighted by molar-refractivity contribution is 5.22. The number of nitrogens with zero attached hydrogens (tertiary/aromatic N) is 4. The zero-order valence-electron chi connectivity index (χ0n) is 12.2. The summed E-state index contributed by atoms with van der Waals surface area (Å²) in [5.41, 5.74) is 0.856. The van der Waals surface area contributed by atoms with E-state index in [2.05, 4.69) is 20.0 Å². The lowest BCUT2D eigenvalue weighted by atomic mass is 10.1. The molecule has 112 valence electrons. The highest BCUT2D eigenvalue weighted by atomic mass is 16.5. The van der Waals surface area contributed by atoms with Gasteiger partial charge >= 0.3 is 5.69 Å². The predicted octanol–water partition coefficient (Wildman–Crippen LogP) is 0.849. The lowest BCUT2D eigenvalue weighted by Gasteiger charge is -2.22. The first-order valence-electron chi connectivity index (χ1n) is 7.03. The van der Waals surface area contributed by atoms with E-state index in [1.807, 2.05) is 12.1 Å². The first kappa shape index (κ1) is 13.8. The van der Waals surface area contributed by atoms with E-state index in [-0.39, 0.29) is 11.7 Å². The van der Waals surface area contributed by atoms with E-state index in [1.165, 1.54) is 4.68 Å². The number of nitrogens with one attached hydrogen (secondary N) is 1. The molecule has 0 aromatic carbocycles. The number of aromatic amines is 1. The molecule has 0 aliphatic carbocycles. The van der Waals surface area contributed by atoms with E-state index in [1.54, 1.807) is 20.4 Å². The maximum absolute atomic E-state index is 11.4. The first-order chi connectivity index (χ1) is 10.2. The molecule has 0 radical (unpaired) electrons. The second-order valence-corrected chi connectivity index (χ2v) is 5.25. The SMILES string of the molecule is COc1ccc(C2CCCN2Cc2nn(C)c(=O)[nH]2)nc1. The molecule has 1 unspecified atom stereocenters. The van der Waals surface area contributed by atoms with Crippen molar-refractivity contribution in [1.29, 1.82) is 0 Å². The summed E-state index contributed by atoms with van der Waals surface area (Å²) in [6, 6.07) is 4.20. The Hall–Kier alpha value is -2.15. The number of ether oxygens (including phenoxy) is 1. The van der Waals surface area contributed by atoms with Gasteiger partial charge in [0.1, 0.15) is 11.6 Å². The summed E-state index contributed by atoms with van der Waals surface area (Å²) in [7, 11) is 3.28. The number of methoxy groups -OCH3 is 1. The summed E-state index contributed by atoms with van der Waals surface area (Å²) in [6.07, 6.45) is 3.93. The normalized spacial score (nSPS) is 19.0. The topological polar surface area (TPSA) is 76.0 Å². The largest absolute Gasteiger partial charge is 0.495 e. The average Bonchev–Trinajstić information content (AvgIpc) is 3.07. The molecule has 3 heterocycles. The van der Waals surface area contributed by atoms with E-state index < -0.39 is 0 Å². The van der Waals surface area contributed by atoms with Crippen LogP contribution in [0.4, 0.5) is 0 Å². The van der Waals surface area contributed by atoms with E-state index in [9.17, 15) is 4.79 Å². The van der Waals surface area contributed by atoms with Gasteiger partial charge in [-0.2, -0.15) is 5.10 Å². The number of likely N-dealkylation sites (tertiary alicyclic amines) is 1. The molecule has 1 aliphatic rings. The van der Waals surface area contributed by atoms with E-state index >= 15 is 0 Å². The first-order valence-corrected chi connectivity index (χ1v) is 7.03. The van der Waals surface area contributed by atoms with Crippen LogP contribution in [0.1, 0.15) is 30.4 Å². The Morgan fingerprint density at radius 2 is 2.33 bits per heavy atom. The number of H-pyrrole nitrogens is 1. The quantitative estimate of drug-likeness (QED) is 0.903. The molecule has 0 saturated carbocycles. The second kappa shape index (κ2) is 5.69. The van der Waals surface area contributed by atoms with Gasteiger partial charge in [-0.3, -0.25) is 14.9 Å². The Morgan fingerprint density at radius 1 is 1.48 bits per heavy atom. The Morgan fingerprint density at radius 3 is 2.95 bits per heavy atom. The molecule has 1 fully saturated rings. The van der Waals surface area contributed by atoms with Crippen LogP contribution in [-0.2, 0) is 13.6 Å². The summed E-state index contributed by atoms with van der Waals surface area (Å²) in [4.78, 5) is 21.0. The Kier molecular flexibility index (Phi) is 3.74. The maximum Gasteiger partial charge on any atom is 0.343 e. The Bertz CT molecular complexity index is 661. The van der Waals surface area contributed by atoms with Crippen molar-refractivity contribution >= 4 is 0 Å². The van der Waals surface area contributed by atoms with E-state index in [0.29, 0.717) is 12.4 Å². The number of aromatic nitrogens is 4. The highest BCUT2D eigenvalue weighted by Crippen LogP contribution is 2.31. The summed E-state index contributed by atoms with van der Waals surface area (Å²) in [5.74, 6) is 1.46. The number of hydrogen-bond acceptors (Lipinski definition) is 5. The molecule has 2 aromatic rings. The van der Waals surface area contributed by atoms with E-state index in [4.69, 9.17) is 4.74 Å². The van der Waals surface area contributed by atoms with Gasteiger partial charge in [0.2, 0.25) is 0 Å². The van der Waals surface area contributed by atoms with Gasteiger partial charge in [0.05, 0.1) is 31.6 Å². The highest BCUT2D eigenvalue weighted by Gasteiger charge is 2.27. The molecule has 21 heavy (non-hydrogen) atoms. The van der Waals surface area contributed by atoms with Crippen LogP contribution >= 0.6 is 0 Å². The third kappa shape index (κ3) is 2.82. The van der Waals surface area contributed by atoms with Crippen LogP contribution in [0.5, 0.6) is 5.75 Å². The fourth-order valence-electron chi connectivity index (χ4n) is 2.78. The fourth-order valence-corrected chi connectivity index (χ4v) is 2.78. The minimum atomic E-state index is -0.177. The van der Waals surface area contributed by atoms with Crippen LogP contribution in [0.3, 0.4) is 0 Å². The van der Waals surface area contributed by atoms with Crippen molar-refractivity contribution in [1.82, 2.24) is 24.6 Å². The van der Waals surface area contributed by atoms with Gasteiger partial charge in [0.25, 0.3) is 0 Å². The molecule has 7 nitrogen and oxygen atoms in total. The van der Waals surface area contributed by atoms with Gasteiger partial charge < -0.3 is 4.74 Å². The lowest BCUT2D eigenvalue weighted by Crippen LogP contribution is -2.24. The third-order valence-corrected chi connectivity index (χ3v) is 3.87. The lowest BCUT2D eigenvalue weighted by molar-refractivity contribution is 0.238. The second-order valence-electron chi connectivity index (χ2n) is 5.25. The van der Waals surface area contributed by atoms with Crippen LogP contribution in [0.15, 0.2) is 23.1 Å². The summed E-state index contributed by atoms with van der Waals surface area (Å²) >= 11 is 0. The molecular weight excluding hydrogens is 270 g/mol. The van der Waals surface area contributed by atoms with Gasteiger partial charge in [-0.25, -0.2) is 9.48 Å². The molecule has 7 heteroatoms. The van der Waals surface area contributed by atoms with Crippen LogP contribution in [-0.4, -0.2) is 38.3 Å².